The summed E-state index contributed by atoms with van der Waals surface area (Å²) in [7, 11) is -4.05. The standard InChI is InChI=1S/C5H12.C2N2O2S/c1-3-5-4-2;3-1-7(5,6)2-4/h3-5H2,1-2H3;. The van der Waals surface area contributed by atoms with Crippen LogP contribution in [-0.4, -0.2) is 8.42 Å². The molecular formula is C7H12N2O2S. The van der Waals surface area contributed by atoms with Crippen LogP contribution in [0.4, 0.5) is 0 Å². The van der Waals surface area contributed by atoms with Crippen molar-refractivity contribution in [2.75, 3.05) is 0 Å². The molecule has 0 bridgehead atoms. The van der Waals surface area contributed by atoms with Gasteiger partial charge in [-0.25, -0.2) is 0 Å². The van der Waals surface area contributed by atoms with E-state index >= 15 is 0 Å². The van der Waals surface area contributed by atoms with Crippen LogP contribution in [0.5, 0.6) is 0 Å². The molecule has 0 aliphatic heterocycles. The topological polar surface area (TPSA) is 81.7 Å². The average Bonchev–Trinajstić information content (AvgIpc) is 2.07. The quantitative estimate of drug-likeness (QED) is 0.486. The molecule has 0 saturated heterocycles. The normalized spacial score (nSPS) is 8.67. The van der Waals surface area contributed by atoms with E-state index in [9.17, 15) is 8.42 Å². The van der Waals surface area contributed by atoms with E-state index in [1.165, 1.54) is 19.3 Å². The SMILES string of the molecule is CCCCC.N#CS(=O)(=O)C#N. The summed E-state index contributed by atoms with van der Waals surface area (Å²) in [5, 5.41) is 16.7. The van der Waals surface area contributed by atoms with Gasteiger partial charge in [0.25, 0.3) is 0 Å². The minimum atomic E-state index is -4.05. The fourth-order valence-electron chi connectivity index (χ4n) is 0.374. The number of thiocyanates is 2. The molecule has 0 fully saturated rings. The Morgan fingerprint density at radius 1 is 1.08 bits per heavy atom. The maximum atomic E-state index is 9.65. The molecule has 0 aromatic rings. The molecule has 68 valence electrons. The van der Waals surface area contributed by atoms with Crippen LogP contribution in [0.2, 0.25) is 0 Å². The van der Waals surface area contributed by atoms with Gasteiger partial charge in [0.05, 0.1) is 0 Å². The van der Waals surface area contributed by atoms with Crippen molar-refractivity contribution >= 4 is 9.84 Å². The number of rotatable bonds is 2. The lowest BCUT2D eigenvalue weighted by molar-refractivity contribution is 0.614. The van der Waals surface area contributed by atoms with Gasteiger partial charge in [0.15, 0.2) is 0 Å². The first-order valence-corrected chi connectivity index (χ1v) is 5.09. The first-order valence-electron chi connectivity index (χ1n) is 3.60. The van der Waals surface area contributed by atoms with Gasteiger partial charge in [0, 0.05) is 0 Å². The molecule has 0 spiro atoms. The van der Waals surface area contributed by atoms with Gasteiger partial charge in [0.2, 0.25) is 10.8 Å². The molecule has 0 aromatic carbocycles. The Labute approximate surface area is 73.3 Å². The molecule has 0 rings (SSSR count). The first-order chi connectivity index (χ1) is 5.54. The third-order valence-corrected chi connectivity index (χ3v) is 1.43. The molecule has 0 radical (unpaired) electrons. The van der Waals surface area contributed by atoms with Gasteiger partial charge in [-0.3, -0.25) is 0 Å². The lowest BCUT2D eigenvalue weighted by Gasteiger charge is -1.79. The van der Waals surface area contributed by atoms with Gasteiger partial charge < -0.3 is 0 Å². The van der Waals surface area contributed by atoms with E-state index in [-0.39, 0.29) is 0 Å². The fourth-order valence-corrected chi connectivity index (χ4v) is 0.415. The number of nitriles is 2. The van der Waals surface area contributed by atoms with Gasteiger partial charge in [-0.15, -0.1) is 0 Å². The van der Waals surface area contributed by atoms with Crippen molar-refractivity contribution < 1.29 is 8.42 Å². The molecule has 0 heterocycles. The number of hydrogen-bond acceptors (Lipinski definition) is 4. The van der Waals surface area contributed by atoms with Crippen LogP contribution in [0.25, 0.3) is 0 Å². The van der Waals surface area contributed by atoms with E-state index in [1.807, 2.05) is 0 Å². The van der Waals surface area contributed by atoms with Crippen molar-refractivity contribution in [1.82, 2.24) is 0 Å². The van der Waals surface area contributed by atoms with Crippen molar-refractivity contribution in [1.29, 1.82) is 10.5 Å². The highest BCUT2D eigenvalue weighted by Crippen LogP contribution is 1.88. The van der Waals surface area contributed by atoms with Crippen LogP contribution < -0.4 is 0 Å². The van der Waals surface area contributed by atoms with Crippen LogP contribution in [0.3, 0.4) is 0 Å². The second-order valence-corrected chi connectivity index (χ2v) is 3.41. The Morgan fingerprint density at radius 2 is 1.42 bits per heavy atom. The van der Waals surface area contributed by atoms with Crippen LogP contribution in [0, 0.1) is 21.3 Å². The molecule has 0 unspecified atom stereocenters. The fraction of sp³-hybridized carbons (Fsp3) is 0.714. The second kappa shape index (κ2) is 8.03. The summed E-state index contributed by atoms with van der Waals surface area (Å²) in [5.41, 5.74) is 0. The highest BCUT2D eigenvalue weighted by atomic mass is 32.2. The molecule has 0 atom stereocenters. The predicted octanol–water partition coefficient (Wildman–Crippen LogP) is 1.56. The number of nitrogens with zero attached hydrogens (tertiary/aromatic N) is 2. The Kier molecular flexibility index (Phi) is 9.04. The summed E-state index contributed by atoms with van der Waals surface area (Å²) in [4.78, 5) is 0. The summed E-state index contributed by atoms with van der Waals surface area (Å²) in [5.74, 6) is 0. The first kappa shape index (κ1) is 13.5. The van der Waals surface area contributed by atoms with Crippen LogP contribution in [0.1, 0.15) is 33.1 Å². The van der Waals surface area contributed by atoms with E-state index in [0.717, 1.165) is 10.8 Å². The second-order valence-electron chi connectivity index (χ2n) is 2.04. The van der Waals surface area contributed by atoms with Gasteiger partial charge in [0.1, 0.15) is 0 Å². The van der Waals surface area contributed by atoms with Gasteiger partial charge in [-0.05, 0) is 0 Å². The molecular weight excluding hydrogens is 176 g/mol. The molecule has 0 aromatic heterocycles. The monoisotopic (exact) mass is 188 g/mol. The molecule has 5 heteroatoms. The molecule has 0 N–H and O–H groups in total. The maximum absolute atomic E-state index is 9.65. The van der Waals surface area contributed by atoms with Crippen LogP contribution >= 0.6 is 0 Å². The molecule has 0 aliphatic carbocycles. The Hall–Kier alpha value is -1.07. The van der Waals surface area contributed by atoms with Crippen molar-refractivity contribution in [2.24, 2.45) is 0 Å². The van der Waals surface area contributed by atoms with E-state index in [4.69, 9.17) is 10.5 Å². The summed E-state index contributed by atoms with van der Waals surface area (Å²) in [6, 6.07) is 0. The number of hydrogen-bond donors (Lipinski definition) is 0. The zero-order chi connectivity index (χ0) is 10.0. The Bertz CT molecular complexity index is 247. The highest BCUT2D eigenvalue weighted by molar-refractivity contribution is 8.00. The van der Waals surface area contributed by atoms with Crippen molar-refractivity contribution in [2.45, 2.75) is 33.1 Å². The largest absolute Gasteiger partial charge is 0.333 e. The van der Waals surface area contributed by atoms with Gasteiger partial charge >= 0.3 is 9.84 Å². The Morgan fingerprint density at radius 3 is 1.42 bits per heavy atom. The maximum Gasteiger partial charge on any atom is 0.333 e. The smallest absolute Gasteiger partial charge is 0.197 e. The molecule has 12 heavy (non-hydrogen) atoms. The van der Waals surface area contributed by atoms with Crippen molar-refractivity contribution in [3.8, 4) is 10.8 Å². The molecule has 4 nitrogen and oxygen atoms in total. The Balaban J connectivity index is 0. The summed E-state index contributed by atoms with van der Waals surface area (Å²) < 4.78 is 19.3. The van der Waals surface area contributed by atoms with E-state index in [2.05, 4.69) is 13.8 Å². The van der Waals surface area contributed by atoms with Gasteiger partial charge in [-0.1, -0.05) is 33.1 Å². The lowest BCUT2D eigenvalue weighted by atomic mass is 10.3. The predicted molar refractivity (Wildman–Crippen MR) is 45.3 cm³/mol. The average molecular weight is 188 g/mol. The highest BCUT2D eigenvalue weighted by Gasteiger charge is 2.01. The zero-order valence-corrected chi connectivity index (χ0v) is 8.06. The van der Waals surface area contributed by atoms with E-state index in [0.29, 0.717) is 0 Å². The summed E-state index contributed by atoms with van der Waals surface area (Å²) >= 11 is 0. The van der Waals surface area contributed by atoms with Crippen molar-refractivity contribution in [3.05, 3.63) is 0 Å². The van der Waals surface area contributed by atoms with Crippen LogP contribution in [-0.2, 0) is 9.84 Å². The minimum absolute atomic E-state index is 0.802. The summed E-state index contributed by atoms with van der Waals surface area (Å²) in [6.45, 7) is 4.42. The third-order valence-electron chi connectivity index (χ3n) is 0.947. The van der Waals surface area contributed by atoms with Crippen molar-refractivity contribution in [3.63, 3.8) is 0 Å². The molecule has 0 saturated carbocycles. The lowest BCUT2D eigenvalue weighted by Crippen LogP contribution is -1.85. The van der Waals surface area contributed by atoms with Gasteiger partial charge in [-0.2, -0.15) is 18.9 Å². The van der Waals surface area contributed by atoms with Crippen LogP contribution in [0.15, 0.2) is 0 Å². The zero-order valence-electron chi connectivity index (χ0n) is 7.24. The number of sulfone groups is 1. The number of unbranched alkanes of at least 4 members (excludes halogenated alkanes) is 2. The molecule has 0 amide bonds. The summed E-state index contributed by atoms with van der Waals surface area (Å²) in [6.07, 6.45) is 4.08. The molecule has 0 aliphatic rings. The minimum Gasteiger partial charge on any atom is -0.197 e. The van der Waals surface area contributed by atoms with E-state index < -0.39 is 9.84 Å². The third kappa shape index (κ3) is 11.7. The van der Waals surface area contributed by atoms with E-state index in [1.54, 1.807) is 0 Å².